The molecule has 2 N–H and O–H groups in total. The number of hydrogen-bond donors (Lipinski definition) is 1. The zero-order valence-electron chi connectivity index (χ0n) is 8.45. The Bertz CT molecular complexity index is 563. The fraction of sp³-hybridized carbons (Fsp3) is 0. The van der Waals surface area contributed by atoms with Gasteiger partial charge in [0.25, 0.3) is 0 Å². The molecule has 2 rings (SSSR count). The van der Waals surface area contributed by atoms with Crippen molar-refractivity contribution in [2.24, 2.45) is 0 Å². The highest BCUT2D eigenvalue weighted by Gasteiger charge is 2.12. The summed E-state index contributed by atoms with van der Waals surface area (Å²) >= 11 is 6.92. The van der Waals surface area contributed by atoms with Crippen LogP contribution < -0.4 is 5.73 Å². The highest BCUT2D eigenvalue weighted by molar-refractivity contribution is 7.99. The highest BCUT2D eigenvalue weighted by atomic mass is 35.5. The van der Waals surface area contributed by atoms with E-state index in [-0.39, 0.29) is 10.8 Å². The molecule has 2 aromatic rings. The molecule has 0 radical (unpaired) electrons. The molecule has 0 aliphatic carbocycles. The van der Waals surface area contributed by atoms with Gasteiger partial charge in [-0.05, 0) is 12.1 Å². The predicted molar refractivity (Wildman–Crippen MR) is 64.1 cm³/mol. The molecular weight excluding hydrogens is 266 g/mol. The molecule has 0 saturated heterocycles. The Kier molecular flexibility index (Phi) is 3.49. The summed E-state index contributed by atoms with van der Waals surface area (Å²) in [6, 6.07) is 7.62. The maximum absolute atomic E-state index is 13.4. The van der Waals surface area contributed by atoms with Crippen molar-refractivity contribution < 1.29 is 8.78 Å². The van der Waals surface area contributed by atoms with Crippen LogP contribution in [-0.2, 0) is 0 Å². The smallest absolute Gasteiger partial charge is 0.168 e. The molecule has 6 heteroatoms. The van der Waals surface area contributed by atoms with Crippen molar-refractivity contribution in [1.82, 2.24) is 4.98 Å². The second kappa shape index (κ2) is 4.89. The van der Waals surface area contributed by atoms with E-state index in [1.165, 1.54) is 0 Å². The first-order valence-electron chi connectivity index (χ1n) is 4.62. The summed E-state index contributed by atoms with van der Waals surface area (Å²) in [6.45, 7) is 0. The van der Waals surface area contributed by atoms with Crippen LogP contribution in [-0.4, -0.2) is 4.98 Å². The lowest BCUT2D eigenvalue weighted by molar-refractivity contribution is 0.552. The van der Waals surface area contributed by atoms with Crippen LogP contribution in [0.2, 0.25) is 5.02 Å². The number of benzene rings is 1. The number of halogens is 3. The monoisotopic (exact) mass is 272 g/mol. The standard InChI is InChI=1S/C11H7ClF2N2S/c12-6-3-1-2-4-9(6)17-11-8(14)5-7(13)10(15)16-11/h1-5H,(H2,15,16). The van der Waals surface area contributed by atoms with E-state index in [1.54, 1.807) is 24.3 Å². The average molecular weight is 273 g/mol. The van der Waals surface area contributed by atoms with Gasteiger partial charge in [-0.2, -0.15) is 0 Å². The molecule has 0 atom stereocenters. The van der Waals surface area contributed by atoms with Crippen LogP contribution in [0.4, 0.5) is 14.6 Å². The molecule has 0 aliphatic rings. The van der Waals surface area contributed by atoms with Crippen molar-refractivity contribution in [3.63, 3.8) is 0 Å². The van der Waals surface area contributed by atoms with E-state index in [1.807, 2.05) is 0 Å². The average Bonchev–Trinajstić information content (AvgIpc) is 2.29. The quantitative estimate of drug-likeness (QED) is 0.905. The fourth-order valence-electron chi connectivity index (χ4n) is 1.17. The summed E-state index contributed by atoms with van der Waals surface area (Å²) in [7, 11) is 0. The molecule has 1 aromatic carbocycles. The molecule has 0 bridgehead atoms. The Morgan fingerprint density at radius 1 is 1.18 bits per heavy atom. The summed E-state index contributed by atoms with van der Waals surface area (Å²) < 4.78 is 26.3. The lowest BCUT2D eigenvalue weighted by Gasteiger charge is -2.05. The minimum absolute atomic E-state index is 0.00278. The number of nitrogens with two attached hydrogens (primary N) is 1. The van der Waals surface area contributed by atoms with Crippen molar-refractivity contribution in [2.45, 2.75) is 9.92 Å². The van der Waals surface area contributed by atoms with Gasteiger partial charge < -0.3 is 5.73 Å². The van der Waals surface area contributed by atoms with Crippen molar-refractivity contribution >= 4 is 29.2 Å². The molecule has 0 aliphatic heterocycles. The molecule has 88 valence electrons. The summed E-state index contributed by atoms with van der Waals surface area (Å²) in [4.78, 5) is 4.27. The van der Waals surface area contributed by atoms with Crippen LogP contribution >= 0.6 is 23.4 Å². The topological polar surface area (TPSA) is 38.9 Å². The van der Waals surface area contributed by atoms with Crippen LogP contribution in [0.5, 0.6) is 0 Å². The third kappa shape index (κ3) is 2.68. The minimum atomic E-state index is -0.869. The number of anilines is 1. The van der Waals surface area contributed by atoms with Crippen LogP contribution in [0.25, 0.3) is 0 Å². The van der Waals surface area contributed by atoms with Crippen LogP contribution in [0.3, 0.4) is 0 Å². The summed E-state index contributed by atoms with van der Waals surface area (Å²) in [5, 5.41) is 0.471. The van der Waals surface area contributed by atoms with Gasteiger partial charge in [0.15, 0.2) is 17.5 Å². The number of rotatable bonds is 2. The number of pyridine rings is 1. The maximum atomic E-state index is 13.4. The van der Waals surface area contributed by atoms with Crippen molar-refractivity contribution in [3.8, 4) is 0 Å². The van der Waals surface area contributed by atoms with Crippen molar-refractivity contribution in [3.05, 3.63) is 47.0 Å². The van der Waals surface area contributed by atoms with E-state index in [0.717, 1.165) is 11.8 Å². The summed E-state index contributed by atoms with van der Waals surface area (Å²) in [6.07, 6.45) is 0. The first-order valence-corrected chi connectivity index (χ1v) is 5.81. The summed E-state index contributed by atoms with van der Waals surface area (Å²) in [5.74, 6) is -1.96. The zero-order chi connectivity index (χ0) is 12.4. The SMILES string of the molecule is Nc1nc(Sc2ccccc2Cl)c(F)cc1F. The van der Waals surface area contributed by atoms with Gasteiger partial charge in [0.1, 0.15) is 5.03 Å². The second-order valence-electron chi connectivity index (χ2n) is 3.17. The Morgan fingerprint density at radius 3 is 2.59 bits per heavy atom. The van der Waals surface area contributed by atoms with Gasteiger partial charge >= 0.3 is 0 Å². The number of nitrogen functional groups attached to an aromatic ring is 1. The minimum Gasteiger partial charge on any atom is -0.381 e. The molecule has 0 amide bonds. The Hall–Kier alpha value is -1.33. The van der Waals surface area contributed by atoms with Gasteiger partial charge in [0.05, 0.1) is 5.02 Å². The second-order valence-corrected chi connectivity index (χ2v) is 4.61. The van der Waals surface area contributed by atoms with Gasteiger partial charge in [-0.1, -0.05) is 35.5 Å². The molecule has 17 heavy (non-hydrogen) atoms. The molecule has 1 heterocycles. The highest BCUT2D eigenvalue weighted by Crippen LogP contribution is 2.34. The predicted octanol–water partition coefficient (Wildman–Crippen LogP) is 3.75. The van der Waals surface area contributed by atoms with Gasteiger partial charge in [0.2, 0.25) is 0 Å². The van der Waals surface area contributed by atoms with E-state index in [4.69, 9.17) is 17.3 Å². The van der Waals surface area contributed by atoms with E-state index in [0.29, 0.717) is 16.0 Å². The zero-order valence-corrected chi connectivity index (χ0v) is 10.0. The van der Waals surface area contributed by atoms with Crippen molar-refractivity contribution in [2.75, 3.05) is 5.73 Å². The fourth-order valence-corrected chi connectivity index (χ4v) is 2.24. The summed E-state index contributed by atoms with van der Waals surface area (Å²) in [5.41, 5.74) is 5.28. The van der Waals surface area contributed by atoms with Gasteiger partial charge in [-0.3, -0.25) is 0 Å². The number of hydrogen-bond acceptors (Lipinski definition) is 3. The van der Waals surface area contributed by atoms with E-state index in [2.05, 4.69) is 4.98 Å². The number of nitrogens with zero attached hydrogens (tertiary/aromatic N) is 1. The maximum Gasteiger partial charge on any atom is 0.168 e. The Morgan fingerprint density at radius 2 is 1.88 bits per heavy atom. The molecule has 0 spiro atoms. The largest absolute Gasteiger partial charge is 0.381 e. The normalized spacial score (nSPS) is 10.5. The number of aromatic nitrogens is 1. The molecular formula is C11H7ClF2N2S. The van der Waals surface area contributed by atoms with Crippen LogP contribution in [0, 0.1) is 11.6 Å². The first kappa shape index (κ1) is 12.1. The van der Waals surface area contributed by atoms with Crippen LogP contribution in [0.15, 0.2) is 40.3 Å². The Labute approximate surface area is 106 Å². The molecule has 2 nitrogen and oxygen atoms in total. The third-order valence-corrected chi connectivity index (χ3v) is 3.46. The molecule has 0 fully saturated rings. The van der Waals surface area contributed by atoms with Gasteiger partial charge in [-0.25, -0.2) is 13.8 Å². The molecule has 1 aromatic heterocycles. The molecule has 0 saturated carbocycles. The van der Waals surface area contributed by atoms with Crippen LogP contribution in [0.1, 0.15) is 0 Å². The first-order chi connectivity index (χ1) is 8.08. The Balaban J connectivity index is 2.37. The lowest BCUT2D eigenvalue weighted by Crippen LogP contribution is -1.98. The lowest BCUT2D eigenvalue weighted by atomic mass is 10.4. The van der Waals surface area contributed by atoms with E-state index < -0.39 is 11.6 Å². The third-order valence-electron chi connectivity index (χ3n) is 1.97. The molecule has 0 unspecified atom stereocenters. The van der Waals surface area contributed by atoms with E-state index in [9.17, 15) is 8.78 Å². The van der Waals surface area contributed by atoms with Gasteiger partial charge in [0, 0.05) is 11.0 Å². The van der Waals surface area contributed by atoms with E-state index >= 15 is 0 Å². The van der Waals surface area contributed by atoms with Crippen molar-refractivity contribution in [1.29, 1.82) is 0 Å². The van der Waals surface area contributed by atoms with Gasteiger partial charge in [-0.15, -0.1) is 0 Å².